The monoisotopic (exact) mass is 415 g/mol. The molecule has 4 rings (SSSR count). The molecule has 2 aromatic rings. The fraction of sp³-hybridized carbons (Fsp3) is 0.545. The average molecular weight is 416 g/mol. The normalized spacial score (nSPS) is 19.6. The molecule has 29 heavy (non-hydrogen) atoms. The maximum Gasteiger partial charge on any atom is 0.270 e. The highest BCUT2D eigenvalue weighted by molar-refractivity contribution is 8.00. The molecule has 1 fully saturated rings. The largest absolute Gasteiger partial charge is 0.494 e. The van der Waals surface area contributed by atoms with Crippen molar-refractivity contribution in [2.45, 2.75) is 63.2 Å². The Morgan fingerprint density at radius 3 is 2.62 bits per heavy atom. The Kier molecular flexibility index (Phi) is 6.33. The number of fused-ring (bicyclic) bond motifs is 1. The number of amides is 1. The van der Waals surface area contributed by atoms with Gasteiger partial charge in [-0.1, -0.05) is 44.7 Å². The summed E-state index contributed by atoms with van der Waals surface area (Å²) in [4.78, 5) is 25.2. The Bertz CT molecular complexity index is 897. The van der Waals surface area contributed by atoms with Gasteiger partial charge in [-0.05, 0) is 37.0 Å². The second-order valence-electron chi connectivity index (χ2n) is 7.88. The van der Waals surface area contributed by atoms with Gasteiger partial charge < -0.3 is 10.1 Å². The van der Waals surface area contributed by atoms with Gasteiger partial charge in [0.05, 0.1) is 29.2 Å². The highest BCUT2D eigenvalue weighted by atomic mass is 32.2. The minimum absolute atomic E-state index is 0.0552. The number of thioether (sulfide) groups is 1. The lowest BCUT2D eigenvalue weighted by Gasteiger charge is -2.17. The summed E-state index contributed by atoms with van der Waals surface area (Å²) in [5.74, 6) is 1.77. The number of aromatic nitrogens is 2. The van der Waals surface area contributed by atoms with E-state index < -0.39 is 0 Å². The van der Waals surface area contributed by atoms with Crippen molar-refractivity contribution in [1.82, 2.24) is 9.78 Å². The molecule has 0 radical (unpaired) electrons. The number of anilines is 1. The number of hydrogen-bond donors (Lipinski definition) is 2. The summed E-state index contributed by atoms with van der Waals surface area (Å²) in [6.45, 7) is 2.90. The molecule has 1 amide bonds. The van der Waals surface area contributed by atoms with Crippen molar-refractivity contribution in [3.8, 4) is 5.75 Å². The number of benzene rings is 1. The number of H-pyrrole nitrogens is 1. The molecule has 6 nitrogen and oxygen atoms in total. The van der Waals surface area contributed by atoms with E-state index in [4.69, 9.17) is 4.74 Å². The maximum atomic E-state index is 12.9. The summed E-state index contributed by atoms with van der Waals surface area (Å²) in [7, 11) is 0. The van der Waals surface area contributed by atoms with Crippen LogP contribution >= 0.6 is 11.8 Å². The first-order valence-electron chi connectivity index (χ1n) is 10.7. The molecule has 0 bridgehead atoms. The smallest absolute Gasteiger partial charge is 0.270 e. The fourth-order valence-electron chi connectivity index (χ4n) is 4.22. The third kappa shape index (κ3) is 4.39. The first-order chi connectivity index (χ1) is 14.2. The molecule has 1 aliphatic heterocycles. The Morgan fingerprint density at radius 2 is 1.90 bits per heavy atom. The molecule has 0 saturated heterocycles. The molecule has 1 atom stereocenters. The quantitative estimate of drug-likeness (QED) is 0.646. The van der Waals surface area contributed by atoms with Crippen LogP contribution in [0.4, 0.5) is 5.82 Å². The molecule has 156 valence electrons. The van der Waals surface area contributed by atoms with Gasteiger partial charge in [0.1, 0.15) is 11.6 Å². The summed E-state index contributed by atoms with van der Waals surface area (Å²) in [5.41, 5.74) is 1.57. The molecule has 2 aliphatic rings. The van der Waals surface area contributed by atoms with Gasteiger partial charge in [0.25, 0.3) is 5.56 Å². The number of rotatable bonds is 7. The Balaban J connectivity index is 1.60. The molecule has 7 heteroatoms. The summed E-state index contributed by atoms with van der Waals surface area (Å²) in [5, 5.41) is 5.82. The summed E-state index contributed by atoms with van der Waals surface area (Å²) >= 11 is 1.50. The van der Waals surface area contributed by atoms with E-state index in [-0.39, 0.29) is 22.8 Å². The van der Waals surface area contributed by atoms with E-state index in [0.717, 1.165) is 50.0 Å². The lowest BCUT2D eigenvalue weighted by Crippen LogP contribution is -2.18. The van der Waals surface area contributed by atoms with Crippen molar-refractivity contribution >= 4 is 23.5 Å². The number of nitrogens with zero attached hydrogens (tertiary/aromatic N) is 1. The van der Waals surface area contributed by atoms with Crippen molar-refractivity contribution in [2.24, 2.45) is 0 Å². The van der Waals surface area contributed by atoms with Gasteiger partial charge in [0, 0.05) is 0 Å². The van der Waals surface area contributed by atoms with Gasteiger partial charge in [-0.25, -0.2) is 0 Å². The van der Waals surface area contributed by atoms with Gasteiger partial charge in [-0.15, -0.1) is 11.8 Å². The number of hydrogen-bond acceptors (Lipinski definition) is 4. The van der Waals surface area contributed by atoms with Crippen LogP contribution < -0.4 is 15.6 Å². The van der Waals surface area contributed by atoms with Gasteiger partial charge in [0.2, 0.25) is 5.91 Å². The first kappa shape index (κ1) is 20.1. The minimum atomic E-state index is -0.176. The van der Waals surface area contributed by atoms with E-state index >= 15 is 0 Å². The van der Waals surface area contributed by atoms with Gasteiger partial charge in [0.15, 0.2) is 0 Å². The van der Waals surface area contributed by atoms with Crippen LogP contribution in [-0.2, 0) is 4.79 Å². The molecule has 1 aromatic carbocycles. The zero-order chi connectivity index (χ0) is 20.2. The van der Waals surface area contributed by atoms with E-state index in [9.17, 15) is 9.59 Å². The summed E-state index contributed by atoms with van der Waals surface area (Å²) in [6, 6.07) is 8.21. The van der Waals surface area contributed by atoms with Crippen LogP contribution in [0.2, 0.25) is 0 Å². The number of carbonyl (C=O) groups excluding carboxylic acids is 1. The molecule has 1 aliphatic carbocycles. The fourth-order valence-corrected chi connectivity index (χ4v) is 5.35. The zero-order valence-corrected chi connectivity index (χ0v) is 17.7. The third-order valence-electron chi connectivity index (χ3n) is 5.75. The van der Waals surface area contributed by atoms with Crippen LogP contribution in [0.1, 0.15) is 74.3 Å². The maximum absolute atomic E-state index is 12.9. The van der Waals surface area contributed by atoms with Crippen molar-refractivity contribution in [2.75, 3.05) is 17.7 Å². The second-order valence-corrected chi connectivity index (χ2v) is 8.97. The molecular weight excluding hydrogens is 386 g/mol. The van der Waals surface area contributed by atoms with Gasteiger partial charge in [-0.3, -0.25) is 19.4 Å². The van der Waals surface area contributed by atoms with E-state index in [0.29, 0.717) is 17.1 Å². The number of ether oxygens (including phenoxy) is 1. The van der Waals surface area contributed by atoms with Crippen LogP contribution in [0.3, 0.4) is 0 Å². The first-order valence-corrected chi connectivity index (χ1v) is 11.7. The third-order valence-corrected chi connectivity index (χ3v) is 7.02. The van der Waals surface area contributed by atoms with Crippen LogP contribution in [0.25, 0.3) is 0 Å². The lowest BCUT2D eigenvalue weighted by atomic mass is 10.1. The molecule has 1 aromatic heterocycles. The van der Waals surface area contributed by atoms with E-state index in [2.05, 4.69) is 17.3 Å². The van der Waals surface area contributed by atoms with E-state index in [1.165, 1.54) is 24.6 Å². The van der Waals surface area contributed by atoms with Crippen molar-refractivity contribution in [3.63, 3.8) is 0 Å². The predicted octanol–water partition coefficient (Wildman–Crippen LogP) is 4.64. The standard InChI is InChI=1S/C22H29N3O3S/c1-2-3-6-13-28-17-11-9-15(10-12-17)20-19-21(23-18(26)14-29-20)25(24-22(19)27)16-7-4-5-8-16/h9-12,16,20H,2-8,13-14H2,1H3,(H,23,26)(H,24,27)/t20-/m1/s1. The highest BCUT2D eigenvalue weighted by Gasteiger charge is 2.32. The minimum Gasteiger partial charge on any atom is -0.494 e. The van der Waals surface area contributed by atoms with Crippen molar-refractivity contribution < 1.29 is 9.53 Å². The van der Waals surface area contributed by atoms with Gasteiger partial charge >= 0.3 is 0 Å². The predicted molar refractivity (Wildman–Crippen MR) is 117 cm³/mol. The van der Waals surface area contributed by atoms with Crippen LogP contribution in [0.5, 0.6) is 5.75 Å². The topological polar surface area (TPSA) is 76.1 Å². The highest BCUT2D eigenvalue weighted by Crippen LogP contribution is 2.42. The van der Waals surface area contributed by atoms with E-state index in [1.807, 2.05) is 28.9 Å². The molecular formula is C22H29N3O3S. The Hall–Kier alpha value is -2.15. The zero-order valence-electron chi connectivity index (χ0n) is 16.9. The number of carbonyl (C=O) groups is 1. The van der Waals surface area contributed by atoms with Crippen molar-refractivity contribution in [1.29, 1.82) is 0 Å². The van der Waals surface area contributed by atoms with E-state index in [1.54, 1.807) is 0 Å². The number of unbranched alkanes of at least 4 members (excludes halogenated alkanes) is 2. The number of aromatic amines is 1. The SMILES string of the molecule is CCCCCOc1ccc([C@H]2SCC(=O)Nc3c2c(=O)[nH]n3C2CCCC2)cc1. The molecule has 0 spiro atoms. The van der Waals surface area contributed by atoms with Crippen LogP contribution in [0, 0.1) is 0 Å². The van der Waals surface area contributed by atoms with Crippen LogP contribution in [-0.4, -0.2) is 28.0 Å². The number of nitrogens with one attached hydrogen (secondary N) is 2. The Labute approximate surface area is 175 Å². The average Bonchev–Trinajstić information content (AvgIpc) is 3.31. The molecule has 0 unspecified atom stereocenters. The van der Waals surface area contributed by atoms with Crippen LogP contribution in [0.15, 0.2) is 29.1 Å². The molecule has 1 saturated carbocycles. The Morgan fingerprint density at radius 1 is 1.14 bits per heavy atom. The summed E-state index contributed by atoms with van der Waals surface area (Å²) in [6.07, 6.45) is 7.78. The van der Waals surface area contributed by atoms with Gasteiger partial charge in [-0.2, -0.15) is 0 Å². The lowest BCUT2D eigenvalue weighted by molar-refractivity contribution is -0.113. The molecule has 2 heterocycles. The summed E-state index contributed by atoms with van der Waals surface area (Å²) < 4.78 is 7.72. The second kappa shape index (κ2) is 9.11. The molecule has 2 N–H and O–H groups in total. The van der Waals surface area contributed by atoms with Crippen molar-refractivity contribution in [3.05, 3.63) is 45.7 Å².